The Labute approximate surface area is 153 Å². The van der Waals surface area contributed by atoms with Crippen LogP contribution >= 0.6 is 0 Å². The van der Waals surface area contributed by atoms with Crippen molar-refractivity contribution in [1.29, 1.82) is 0 Å². The van der Waals surface area contributed by atoms with Gasteiger partial charge in [0.1, 0.15) is 0 Å². The zero-order valence-corrected chi connectivity index (χ0v) is 15.2. The lowest BCUT2D eigenvalue weighted by Crippen LogP contribution is -2.29. The molecular weight excluding hydrogens is 328 g/mol. The van der Waals surface area contributed by atoms with E-state index < -0.39 is 0 Å². The van der Waals surface area contributed by atoms with Crippen molar-refractivity contribution in [3.05, 3.63) is 59.2 Å². The molecule has 1 aliphatic heterocycles. The molecule has 26 heavy (non-hydrogen) atoms. The molecule has 2 aromatic carbocycles. The Balaban J connectivity index is 1.78. The topological polar surface area (TPSA) is 67.4 Å². The molecule has 136 valence electrons. The Morgan fingerprint density at radius 1 is 0.923 bits per heavy atom. The lowest BCUT2D eigenvalue weighted by Gasteiger charge is -2.22. The second-order valence-corrected chi connectivity index (χ2v) is 6.64. The second kappa shape index (κ2) is 8.15. The molecule has 0 aliphatic carbocycles. The Hall–Kier alpha value is -2.66. The van der Waals surface area contributed by atoms with E-state index >= 15 is 0 Å². The zero-order chi connectivity index (χ0) is 18.5. The van der Waals surface area contributed by atoms with Gasteiger partial charge in [-0.1, -0.05) is 30.3 Å². The van der Waals surface area contributed by atoms with E-state index in [9.17, 15) is 9.59 Å². The summed E-state index contributed by atoms with van der Waals surface area (Å²) in [7, 11) is 0. The summed E-state index contributed by atoms with van der Waals surface area (Å²) in [6, 6.07) is 13.0. The first-order chi connectivity index (χ1) is 12.6. The van der Waals surface area contributed by atoms with Crippen molar-refractivity contribution in [2.45, 2.75) is 26.7 Å². The van der Waals surface area contributed by atoms with Crippen LogP contribution in [0.5, 0.6) is 0 Å². The van der Waals surface area contributed by atoms with E-state index in [1.54, 1.807) is 18.2 Å². The first kappa shape index (κ1) is 18.1. The van der Waals surface area contributed by atoms with Crippen LogP contribution in [-0.2, 0) is 9.53 Å². The lowest BCUT2D eigenvalue weighted by molar-refractivity contribution is -0.122. The van der Waals surface area contributed by atoms with E-state index in [1.165, 1.54) is 0 Å². The highest BCUT2D eigenvalue weighted by molar-refractivity contribution is 6.10. The number of hydrogen-bond acceptors (Lipinski definition) is 3. The Bertz CT molecular complexity index is 790. The summed E-state index contributed by atoms with van der Waals surface area (Å²) < 4.78 is 5.31. The lowest BCUT2D eigenvalue weighted by atomic mass is 9.99. The molecule has 0 spiro atoms. The fourth-order valence-electron chi connectivity index (χ4n) is 3.18. The van der Waals surface area contributed by atoms with Gasteiger partial charge in [-0.15, -0.1) is 0 Å². The predicted octanol–water partition coefficient (Wildman–Crippen LogP) is 3.92. The van der Waals surface area contributed by atoms with Gasteiger partial charge >= 0.3 is 0 Å². The van der Waals surface area contributed by atoms with Crippen molar-refractivity contribution < 1.29 is 14.3 Å². The second-order valence-electron chi connectivity index (χ2n) is 6.64. The molecule has 0 radical (unpaired) electrons. The molecule has 0 unspecified atom stereocenters. The van der Waals surface area contributed by atoms with E-state index in [1.807, 2.05) is 38.1 Å². The van der Waals surface area contributed by atoms with E-state index in [4.69, 9.17) is 4.74 Å². The van der Waals surface area contributed by atoms with Gasteiger partial charge in [-0.3, -0.25) is 9.59 Å². The van der Waals surface area contributed by atoms with Crippen molar-refractivity contribution in [2.75, 3.05) is 23.8 Å². The number of amides is 2. The van der Waals surface area contributed by atoms with Gasteiger partial charge in [-0.25, -0.2) is 0 Å². The van der Waals surface area contributed by atoms with Crippen molar-refractivity contribution >= 4 is 23.2 Å². The highest BCUT2D eigenvalue weighted by atomic mass is 16.5. The maximum absolute atomic E-state index is 12.8. The minimum Gasteiger partial charge on any atom is -0.381 e. The number of hydrogen-bond donors (Lipinski definition) is 2. The molecule has 0 atom stereocenters. The summed E-state index contributed by atoms with van der Waals surface area (Å²) in [4.78, 5) is 25.3. The number of carbonyl (C=O) groups excluding carboxylic acids is 2. The smallest absolute Gasteiger partial charge is 0.257 e. The maximum Gasteiger partial charge on any atom is 0.257 e. The van der Waals surface area contributed by atoms with Gasteiger partial charge in [-0.2, -0.15) is 0 Å². The predicted molar refractivity (Wildman–Crippen MR) is 102 cm³/mol. The summed E-state index contributed by atoms with van der Waals surface area (Å²) in [6.07, 6.45) is 1.42. The van der Waals surface area contributed by atoms with Gasteiger partial charge in [0.2, 0.25) is 5.91 Å². The molecule has 2 amide bonds. The Kier molecular flexibility index (Phi) is 5.68. The van der Waals surface area contributed by atoms with Crippen LogP contribution < -0.4 is 10.6 Å². The van der Waals surface area contributed by atoms with Crippen molar-refractivity contribution in [2.24, 2.45) is 5.92 Å². The van der Waals surface area contributed by atoms with Gasteiger partial charge in [-0.05, 0) is 49.9 Å². The summed E-state index contributed by atoms with van der Waals surface area (Å²) in [5.41, 5.74) is 3.80. The zero-order valence-electron chi connectivity index (χ0n) is 15.2. The molecule has 2 aromatic rings. The summed E-state index contributed by atoms with van der Waals surface area (Å²) in [6.45, 7) is 5.13. The first-order valence-corrected chi connectivity index (χ1v) is 8.91. The van der Waals surface area contributed by atoms with Crippen LogP contribution in [0.4, 0.5) is 11.4 Å². The fraction of sp³-hybridized carbons (Fsp3) is 0.333. The van der Waals surface area contributed by atoms with Crippen LogP contribution in [0.25, 0.3) is 0 Å². The molecule has 0 aromatic heterocycles. The van der Waals surface area contributed by atoms with E-state index in [-0.39, 0.29) is 17.7 Å². The molecule has 0 saturated carbocycles. The standard InChI is InChI=1S/C21H24N2O3/c1-14-6-5-7-15(2)19(14)23-21(25)17-8-3-4-9-18(17)22-20(24)16-10-12-26-13-11-16/h3-9,16H,10-13H2,1-2H3,(H,22,24)(H,23,25). The third-order valence-corrected chi connectivity index (χ3v) is 4.74. The van der Waals surface area contributed by atoms with E-state index in [0.717, 1.165) is 16.8 Å². The highest BCUT2D eigenvalue weighted by Crippen LogP contribution is 2.24. The van der Waals surface area contributed by atoms with Crippen molar-refractivity contribution in [1.82, 2.24) is 0 Å². The molecule has 1 fully saturated rings. The van der Waals surface area contributed by atoms with Gasteiger partial charge in [0, 0.05) is 24.8 Å². The largest absolute Gasteiger partial charge is 0.381 e. The van der Waals surface area contributed by atoms with Crippen LogP contribution in [-0.4, -0.2) is 25.0 Å². The molecule has 0 bridgehead atoms. The quantitative estimate of drug-likeness (QED) is 0.876. The minimum absolute atomic E-state index is 0.0550. The van der Waals surface area contributed by atoms with Gasteiger partial charge < -0.3 is 15.4 Å². The number of anilines is 2. The molecule has 5 nitrogen and oxygen atoms in total. The van der Waals surface area contributed by atoms with E-state index in [0.29, 0.717) is 37.3 Å². The summed E-state index contributed by atoms with van der Waals surface area (Å²) in [5.74, 6) is -0.357. The van der Waals surface area contributed by atoms with Gasteiger partial charge in [0.15, 0.2) is 0 Å². The molecule has 1 heterocycles. The number of ether oxygens (including phenoxy) is 1. The number of nitrogens with one attached hydrogen (secondary N) is 2. The Morgan fingerprint density at radius 2 is 1.58 bits per heavy atom. The molecule has 1 saturated heterocycles. The normalized spacial score (nSPS) is 14.7. The van der Waals surface area contributed by atoms with Crippen LogP contribution in [0.2, 0.25) is 0 Å². The molecule has 1 aliphatic rings. The molecule has 2 N–H and O–H groups in total. The number of carbonyl (C=O) groups is 2. The number of benzene rings is 2. The van der Waals surface area contributed by atoms with Crippen LogP contribution in [0.1, 0.15) is 34.3 Å². The van der Waals surface area contributed by atoms with Crippen LogP contribution in [0, 0.1) is 19.8 Å². The minimum atomic E-state index is -0.231. The highest BCUT2D eigenvalue weighted by Gasteiger charge is 2.23. The number of aryl methyl sites for hydroxylation is 2. The number of para-hydroxylation sites is 2. The maximum atomic E-state index is 12.8. The molecule has 5 heteroatoms. The molecular formula is C21H24N2O3. The average molecular weight is 352 g/mol. The average Bonchev–Trinajstić information content (AvgIpc) is 2.66. The fourth-order valence-corrected chi connectivity index (χ4v) is 3.18. The van der Waals surface area contributed by atoms with Crippen LogP contribution in [0.15, 0.2) is 42.5 Å². The van der Waals surface area contributed by atoms with E-state index in [2.05, 4.69) is 10.6 Å². The monoisotopic (exact) mass is 352 g/mol. The van der Waals surface area contributed by atoms with Gasteiger partial charge in [0.25, 0.3) is 5.91 Å². The molecule has 3 rings (SSSR count). The third-order valence-electron chi connectivity index (χ3n) is 4.74. The Morgan fingerprint density at radius 3 is 2.27 bits per heavy atom. The van der Waals surface area contributed by atoms with Crippen molar-refractivity contribution in [3.63, 3.8) is 0 Å². The van der Waals surface area contributed by atoms with Gasteiger partial charge in [0.05, 0.1) is 11.3 Å². The SMILES string of the molecule is Cc1cccc(C)c1NC(=O)c1ccccc1NC(=O)C1CCOCC1. The van der Waals surface area contributed by atoms with Crippen LogP contribution in [0.3, 0.4) is 0 Å². The number of rotatable bonds is 4. The van der Waals surface area contributed by atoms with Crippen molar-refractivity contribution in [3.8, 4) is 0 Å². The summed E-state index contributed by atoms with van der Waals surface area (Å²) in [5, 5.41) is 5.90. The summed E-state index contributed by atoms with van der Waals surface area (Å²) >= 11 is 0. The first-order valence-electron chi connectivity index (χ1n) is 8.91. The third kappa shape index (κ3) is 4.11.